The van der Waals surface area contributed by atoms with Crippen LogP contribution in [-0.4, -0.2) is 24.5 Å². The lowest BCUT2D eigenvalue weighted by Gasteiger charge is -2.11. The summed E-state index contributed by atoms with van der Waals surface area (Å²) in [5.74, 6) is 1.71. The smallest absolute Gasteiger partial charge is 0.167 e. The van der Waals surface area contributed by atoms with E-state index in [1.807, 2.05) is 36.4 Å². The van der Waals surface area contributed by atoms with Crippen LogP contribution in [0.15, 0.2) is 235 Å². The maximum absolute atomic E-state index is 6.79. The number of nitrogens with zero attached hydrogens (tertiary/aromatic N) is 4. The average molecular weight is 882 g/mol. The number of aromatic amines is 1. The lowest BCUT2D eigenvalue weighted by molar-refractivity contribution is 0.669. The van der Waals surface area contributed by atoms with Crippen LogP contribution < -0.4 is 0 Å². The van der Waals surface area contributed by atoms with Crippen molar-refractivity contribution in [1.82, 2.24) is 24.5 Å². The Morgan fingerprint density at radius 3 is 1.68 bits per heavy atom. The second-order valence-electron chi connectivity index (χ2n) is 17.7. The van der Waals surface area contributed by atoms with Gasteiger partial charge in [-0.1, -0.05) is 158 Å². The predicted octanol–water partition coefficient (Wildman–Crippen LogP) is 16.5. The fourth-order valence-corrected chi connectivity index (χ4v) is 10.2. The molecule has 0 atom stereocenters. The first-order chi connectivity index (χ1) is 34.2. The minimum Gasteiger partial charge on any atom is -0.455 e. The Kier molecular flexibility index (Phi) is 8.79. The number of H-pyrrole nitrogens is 1. The maximum Gasteiger partial charge on any atom is 0.167 e. The molecular formula is C63H39N5O. The summed E-state index contributed by atoms with van der Waals surface area (Å²) >= 11 is 0. The van der Waals surface area contributed by atoms with E-state index in [1.165, 1.54) is 38.2 Å². The first-order valence-corrected chi connectivity index (χ1v) is 23.2. The van der Waals surface area contributed by atoms with Crippen molar-refractivity contribution in [2.75, 3.05) is 0 Å². The number of furan rings is 1. The van der Waals surface area contributed by atoms with Crippen molar-refractivity contribution in [2.45, 2.75) is 0 Å². The van der Waals surface area contributed by atoms with Crippen LogP contribution in [-0.2, 0) is 0 Å². The summed E-state index contributed by atoms with van der Waals surface area (Å²) in [7, 11) is 0. The third-order valence-corrected chi connectivity index (χ3v) is 13.6. The molecule has 0 aliphatic carbocycles. The molecule has 0 aliphatic heterocycles. The second kappa shape index (κ2) is 15.6. The molecule has 6 nitrogen and oxygen atoms in total. The minimum absolute atomic E-state index is 0.542. The van der Waals surface area contributed by atoms with Gasteiger partial charge in [0.05, 0.1) is 16.6 Å². The topological polar surface area (TPSA) is 72.5 Å². The molecule has 1 N–H and O–H groups in total. The monoisotopic (exact) mass is 881 g/mol. The molecule has 0 saturated carbocycles. The summed E-state index contributed by atoms with van der Waals surface area (Å²) in [5.41, 5.74) is 16.6. The fourth-order valence-electron chi connectivity index (χ4n) is 10.2. The van der Waals surface area contributed by atoms with Crippen LogP contribution >= 0.6 is 0 Å². The maximum atomic E-state index is 6.79. The average Bonchev–Trinajstić information content (AvgIpc) is 4.10. The number of hydrogen-bond donors (Lipinski definition) is 1. The van der Waals surface area contributed by atoms with Gasteiger partial charge in [-0.3, -0.25) is 0 Å². The van der Waals surface area contributed by atoms with Gasteiger partial charge in [0.15, 0.2) is 17.5 Å². The molecule has 14 rings (SSSR count). The van der Waals surface area contributed by atoms with Crippen LogP contribution in [0.25, 0.3) is 139 Å². The second-order valence-corrected chi connectivity index (χ2v) is 17.7. The van der Waals surface area contributed by atoms with Crippen molar-refractivity contribution in [3.05, 3.63) is 231 Å². The molecule has 69 heavy (non-hydrogen) atoms. The molecule has 0 fully saturated rings. The Morgan fingerprint density at radius 1 is 0.319 bits per heavy atom. The first-order valence-electron chi connectivity index (χ1n) is 23.2. The van der Waals surface area contributed by atoms with Crippen molar-refractivity contribution < 1.29 is 4.42 Å². The summed E-state index contributed by atoms with van der Waals surface area (Å²) < 4.78 is 9.16. The molecule has 4 heterocycles. The third kappa shape index (κ3) is 6.53. The number of fused-ring (bicyclic) bond motifs is 9. The zero-order valence-corrected chi connectivity index (χ0v) is 37.1. The van der Waals surface area contributed by atoms with Gasteiger partial charge in [-0.2, -0.15) is 0 Å². The van der Waals surface area contributed by atoms with Crippen molar-refractivity contribution in [2.24, 2.45) is 0 Å². The van der Waals surface area contributed by atoms with E-state index in [-0.39, 0.29) is 0 Å². The Bertz CT molecular complexity index is 4320. The third-order valence-electron chi connectivity index (χ3n) is 13.6. The Morgan fingerprint density at radius 2 is 0.870 bits per heavy atom. The van der Waals surface area contributed by atoms with Gasteiger partial charge in [0, 0.05) is 60.2 Å². The van der Waals surface area contributed by atoms with Crippen LogP contribution in [0.2, 0.25) is 0 Å². The van der Waals surface area contributed by atoms with Crippen LogP contribution in [0.3, 0.4) is 0 Å². The number of benzene rings is 10. The van der Waals surface area contributed by atoms with E-state index in [0.717, 1.165) is 83.1 Å². The van der Waals surface area contributed by atoms with E-state index in [0.29, 0.717) is 17.5 Å². The highest BCUT2D eigenvalue weighted by Crippen LogP contribution is 2.40. The summed E-state index contributed by atoms with van der Waals surface area (Å²) in [6.45, 7) is 0. The van der Waals surface area contributed by atoms with Crippen molar-refractivity contribution in [3.63, 3.8) is 0 Å². The minimum atomic E-state index is 0.542. The van der Waals surface area contributed by atoms with E-state index >= 15 is 0 Å². The number of hydrogen-bond acceptors (Lipinski definition) is 4. The SMILES string of the molecule is c1ccc(-c2ccc3c(c2)c2ccccc2n3-c2ccc3oc4c(-c5nc(-c6ccccc6)nc(-c6cccc(-c7cccc(-c8ccc9[nH]c%10ccccc%10c9c8)c7)c6)n5)cccc4c3c2)cc1. The molecule has 0 bridgehead atoms. The zero-order chi connectivity index (χ0) is 45.4. The van der Waals surface area contributed by atoms with Crippen molar-refractivity contribution in [3.8, 4) is 73.2 Å². The summed E-state index contributed by atoms with van der Waals surface area (Å²) in [6.07, 6.45) is 0. The first kappa shape index (κ1) is 38.8. The number of rotatable bonds is 7. The van der Waals surface area contributed by atoms with Gasteiger partial charge in [0.1, 0.15) is 11.2 Å². The number of aromatic nitrogens is 5. The number of para-hydroxylation sites is 3. The largest absolute Gasteiger partial charge is 0.455 e. The molecule has 0 saturated heterocycles. The zero-order valence-electron chi connectivity index (χ0n) is 37.1. The van der Waals surface area contributed by atoms with Crippen LogP contribution in [0.4, 0.5) is 0 Å². The van der Waals surface area contributed by atoms with Gasteiger partial charge in [0.2, 0.25) is 0 Å². The van der Waals surface area contributed by atoms with E-state index in [4.69, 9.17) is 19.4 Å². The number of nitrogens with one attached hydrogen (secondary N) is 1. The Balaban J connectivity index is 0.869. The molecule has 0 radical (unpaired) electrons. The van der Waals surface area contributed by atoms with Gasteiger partial charge >= 0.3 is 0 Å². The van der Waals surface area contributed by atoms with Gasteiger partial charge in [-0.15, -0.1) is 0 Å². The van der Waals surface area contributed by atoms with Gasteiger partial charge in [-0.05, 0) is 106 Å². The fraction of sp³-hybridized carbons (Fsp3) is 0. The van der Waals surface area contributed by atoms with Crippen LogP contribution in [0, 0.1) is 0 Å². The molecule has 14 aromatic rings. The molecule has 0 amide bonds. The van der Waals surface area contributed by atoms with E-state index < -0.39 is 0 Å². The van der Waals surface area contributed by atoms with Gasteiger partial charge < -0.3 is 14.0 Å². The molecule has 322 valence electrons. The summed E-state index contributed by atoms with van der Waals surface area (Å²) in [4.78, 5) is 19.1. The van der Waals surface area contributed by atoms with Crippen molar-refractivity contribution in [1.29, 1.82) is 0 Å². The van der Waals surface area contributed by atoms with Crippen LogP contribution in [0.5, 0.6) is 0 Å². The lowest BCUT2D eigenvalue weighted by Crippen LogP contribution is -2.00. The highest BCUT2D eigenvalue weighted by Gasteiger charge is 2.20. The molecule has 0 spiro atoms. The van der Waals surface area contributed by atoms with Gasteiger partial charge in [0.25, 0.3) is 0 Å². The van der Waals surface area contributed by atoms with E-state index in [2.05, 4.69) is 204 Å². The lowest BCUT2D eigenvalue weighted by atomic mass is 9.97. The molecule has 4 aromatic heterocycles. The summed E-state index contributed by atoms with van der Waals surface area (Å²) in [6, 6.07) is 81.2. The molecule has 0 unspecified atom stereocenters. The Labute approximate surface area is 396 Å². The molecule has 10 aromatic carbocycles. The molecule has 6 heteroatoms. The standard InChI is InChI=1S/C63H39N5O/c1-3-14-39(15-4-1)44-29-32-58-53(37-44)49-23-8-10-27-57(49)68(58)47-30-33-59-54(38-47)50-24-13-25-51(60(50)69-59)63-66-61(40-16-5-2-6-17-40)65-62(67-63)46-21-12-20-43(35-46)41-18-11-19-42(34-41)45-28-31-56-52(36-45)48-22-7-9-26-55(48)64-56/h1-38,64H. The van der Waals surface area contributed by atoms with E-state index in [9.17, 15) is 0 Å². The normalized spacial score (nSPS) is 11.8. The van der Waals surface area contributed by atoms with Gasteiger partial charge in [-0.25, -0.2) is 15.0 Å². The van der Waals surface area contributed by atoms with E-state index in [1.54, 1.807) is 0 Å². The molecular weight excluding hydrogens is 843 g/mol. The summed E-state index contributed by atoms with van der Waals surface area (Å²) in [5, 5.41) is 6.88. The predicted molar refractivity (Wildman–Crippen MR) is 283 cm³/mol. The van der Waals surface area contributed by atoms with Crippen molar-refractivity contribution >= 4 is 65.6 Å². The Hall–Kier alpha value is -9.39. The molecule has 0 aliphatic rings. The quantitative estimate of drug-likeness (QED) is 0.173. The highest BCUT2D eigenvalue weighted by atomic mass is 16.3. The van der Waals surface area contributed by atoms with Crippen LogP contribution in [0.1, 0.15) is 0 Å². The highest BCUT2D eigenvalue weighted by molar-refractivity contribution is 6.13.